The fraction of sp³-hybridized carbons (Fsp3) is 0.545. The van der Waals surface area contributed by atoms with Gasteiger partial charge in [0, 0.05) is 30.2 Å². The molecule has 3 N–H and O–H groups in total. The maximum Gasteiger partial charge on any atom is 0.0393 e. The fourth-order valence-corrected chi connectivity index (χ4v) is 1.38. The summed E-state index contributed by atoms with van der Waals surface area (Å²) in [6, 6.07) is 4.23. The van der Waals surface area contributed by atoms with E-state index in [0.717, 1.165) is 30.8 Å². The van der Waals surface area contributed by atoms with Crippen LogP contribution in [0.3, 0.4) is 0 Å². The van der Waals surface area contributed by atoms with Gasteiger partial charge in [-0.2, -0.15) is 0 Å². The lowest BCUT2D eigenvalue weighted by atomic mass is 10.2. The molecule has 0 amide bonds. The van der Waals surface area contributed by atoms with Gasteiger partial charge in [-0.15, -0.1) is 0 Å². The van der Waals surface area contributed by atoms with E-state index in [1.165, 1.54) is 0 Å². The molecular weight excluding hydrogens is 174 g/mol. The lowest BCUT2D eigenvalue weighted by molar-refractivity contribution is 0.627. The van der Waals surface area contributed by atoms with Gasteiger partial charge in [0.15, 0.2) is 0 Å². The SMILES string of the molecule is CCCC(N)CNc1ccnc(C)c1. The molecule has 0 spiro atoms. The number of aryl methyl sites for hydroxylation is 1. The Morgan fingerprint density at radius 3 is 3.00 bits per heavy atom. The van der Waals surface area contributed by atoms with Crippen molar-refractivity contribution in [3.05, 3.63) is 24.0 Å². The second-order valence-electron chi connectivity index (χ2n) is 3.62. The van der Waals surface area contributed by atoms with Crippen LogP contribution in [-0.2, 0) is 0 Å². The quantitative estimate of drug-likeness (QED) is 0.751. The largest absolute Gasteiger partial charge is 0.383 e. The van der Waals surface area contributed by atoms with Crippen molar-refractivity contribution in [3.63, 3.8) is 0 Å². The summed E-state index contributed by atoms with van der Waals surface area (Å²) in [4.78, 5) is 4.13. The molecule has 78 valence electrons. The molecule has 14 heavy (non-hydrogen) atoms. The zero-order valence-electron chi connectivity index (χ0n) is 8.96. The van der Waals surface area contributed by atoms with E-state index >= 15 is 0 Å². The van der Waals surface area contributed by atoms with Crippen molar-refractivity contribution >= 4 is 5.69 Å². The first kappa shape index (κ1) is 11.0. The fourth-order valence-electron chi connectivity index (χ4n) is 1.38. The van der Waals surface area contributed by atoms with Crippen LogP contribution in [0.15, 0.2) is 18.3 Å². The first-order chi connectivity index (χ1) is 6.72. The van der Waals surface area contributed by atoms with Gasteiger partial charge in [0.25, 0.3) is 0 Å². The average molecular weight is 193 g/mol. The highest BCUT2D eigenvalue weighted by molar-refractivity contribution is 5.42. The number of nitrogens with one attached hydrogen (secondary N) is 1. The van der Waals surface area contributed by atoms with Gasteiger partial charge in [-0.05, 0) is 25.5 Å². The van der Waals surface area contributed by atoms with Gasteiger partial charge in [0.05, 0.1) is 0 Å². The summed E-state index contributed by atoms with van der Waals surface area (Å²) in [7, 11) is 0. The van der Waals surface area contributed by atoms with Crippen LogP contribution in [0.4, 0.5) is 5.69 Å². The average Bonchev–Trinajstić information content (AvgIpc) is 2.15. The second-order valence-corrected chi connectivity index (χ2v) is 3.62. The van der Waals surface area contributed by atoms with Crippen molar-refractivity contribution in [3.8, 4) is 0 Å². The predicted octanol–water partition coefficient (Wildman–Crippen LogP) is 1.93. The van der Waals surface area contributed by atoms with Crippen molar-refractivity contribution in [2.45, 2.75) is 32.7 Å². The lowest BCUT2D eigenvalue weighted by Crippen LogP contribution is -2.28. The summed E-state index contributed by atoms with van der Waals surface area (Å²) in [5.41, 5.74) is 8.02. The van der Waals surface area contributed by atoms with Crippen LogP contribution in [0.2, 0.25) is 0 Å². The van der Waals surface area contributed by atoms with E-state index in [1.807, 2.05) is 25.3 Å². The molecule has 0 aliphatic rings. The molecule has 3 nitrogen and oxygen atoms in total. The minimum absolute atomic E-state index is 0.244. The molecule has 0 aliphatic carbocycles. The van der Waals surface area contributed by atoms with Gasteiger partial charge in [0.2, 0.25) is 0 Å². The Bertz CT molecular complexity index is 273. The summed E-state index contributed by atoms with van der Waals surface area (Å²) in [6.07, 6.45) is 4.01. The van der Waals surface area contributed by atoms with Gasteiger partial charge >= 0.3 is 0 Å². The second kappa shape index (κ2) is 5.60. The van der Waals surface area contributed by atoms with Crippen molar-refractivity contribution in [1.82, 2.24) is 4.98 Å². The molecule has 1 atom stereocenters. The molecule has 1 aromatic rings. The topological polar surface area (TPSA) is 50.9 Å². The van der Waals surface area contributed by atoms with Crippen molar-refractivity contribution < 1.29 is 0 Å². The molecule has 0 saturated carbocycles. The first-order valence-corrected chi connectivity index (χ1v) is 5.14. The number of hydrogen-bond donors (Lipinski definition) is 2. The number of nitrogens with zero attached hydrogens (tertiary/aromatic N) is 1. The molecule has 0 fully saturated rings. The van der Waals surface area contributed by atoms with E-state index in [2.05, 4.69) is 17.2 Å². The molecule has 0 radical (unpaired) electrons. The standard InChI is InChI=1S/C11H19N3/c1-3-4-10(12)8-14-11-5-6-13-9(2)7-11/h5-7,10H,3-4,8,12H2,1-2H3,(H,13,14). The maximum atomic E-state index is 5.89. The summed E-state index contributed by atoms with van der Waals surface area (Å²) in [5.74, 6) is 0. The third-order valence-corrected chi connectivity index (χ3v) is 2.12. The number of aromatic nitrogens is 1. The molecule has 1 heterocycles. The summed E-state index contributed by atoms with van der Waals surface area (Å²) < 4.78 is 0. The molecule has 3 heteroatoms. The molecule has 1 unspecified atom stereocenters. The lowest BCUT2D eigenvalue weighted by Gasteiger charge is -2.12. The maximum absolute atomic E-state index is 5.89. The van der Waals surface area contributed by atoms with Crippen LogP contribution in [0.25, 0.3) is 0 Å². The Kier molecular flexibility index (Phi) is 4.40. The van der Waals surface area contributed by atoms with Crippen molar-refractivity contribution in [2.75, 3.05) is 11.9 Å². The molecule has 0 aromatic carbocycles. The highest BCUT2D eigenvalue weighted by Gasteiger charge is 2.00. The first-order valence-electron chi connectivity index (χ1n) is 5.14. The minimum Gasteiger partial charge on any atom is -0.383 e. The minimum atomic E-state index is 0.244. The summed E-state index contributed by atoms with van der Waals surface area (Å²) >= 11 is 0. The van der Waals surface area contributed by atoms with Crippen LogP contribution in [0, 0.1) is 6.92 Å². The summed E-state index contributed by atoms with van der Waals surface area (Å²) in [6.45, 7) is 4.96. The molecule has 0 saturated heterocycles. The van der Waals surface area contributed by atoms with Crippen LogP contribution in [-0.4, -0.2) is 17.6 Å². The molecule has 0 aliphatic heterocycles. The Hall–Kier alpha value is -1.09. The Morgan fingerprint density at radius 1 is 1.57 bits per heavy atom. The normalized spacial score (nSPS) is 12.5. The van der Waals surface area contributed by atoms with Crippen LogP contribution in [0.1, 0.15) is 25.5 Å². The Balaban J connectivity index is 2.37. The van der Waals surface area contributed by atoms with E-state index in [-0.39, 0.29) is 6.04 Å². The zero-order chi connectivity index (χ0) is 10.4. The predicted molar refractivity (Wildman–Crippen MR) is 60.3 cm³/mol. The number of pyridine rings is 1. The monoisotopic (exact) mass is 193 g/mol. The van der Waals surface area contributed by atoms with Crippen molar-refractivity contribution in [1.29, 1.82) is 0 Å². The van der Waals surface area contributed by atoms with E-state index in [0.29, 0.717) is 0 Å². The third-order valence-electron chi connectivity index (χ3n) is 2.12. The smallest absolute Gasteiger partial charge is 0.0393 e. The molecule has 0 bridgehead atoms. The highest BCUT2D eigenvalue weighted by atomic mass is 14.9. The molecule has 1 rings (SSSR count). The summed E-state index contributed by atoms with van der Waals surface area (Å²) in [5, 5.41) is 3.31. The van der Waals surface area contributed by atoms with Gasteiger partial charge in [-0.25, -0.2) is 0 Å². The third kappa shape index (κ3) is 3.75. The van der Waals surface area contributed by atoms with Gasteiger partial charge in [0.1, 0.15) is 0 Å². The van der Waals surface area contributed by atoms with Gasteiger partial charge < -0.3 is 11.1 Å². The number of rotatable bonds is 5. The van der Waals surface area contributed by atoms with Gasteiger partial charge in [-0.1, -0.05) is 13.3 Å². The van der Waals surface area contributed by atoms with Crippen LogP contribution >= 0.6 is 0 Å². The number of nitrogens with two attached hydrogens (primary N) is 1. The van der Waals surface area contributed by atoms with E-state index < -0.39 is 0 Å². The highest BCUT2D eigenvalue weighted by Crippen LogP contribution is 2.07. The van der Waals surface area contributed by atoms with E-state index in [9.17, 15) is 0 Å². The molecular formula is C11H19N3. The van der Waals surface area contributed by atoms with E-state index in [1.54, 1.807) is 0 Å². The Morgan fingerprint density at radius 2 is 2.36 bits per heavy atom. The van der Waals surface area contributed by atoms with Crippen molar-refractivity contribution in [2.24, 2.45) is 5.73 Å². The Labute approximate surface area is 85.7 Å². The zero-order valence-corrected chi connectivity index (χ0v) is 8.96. The molecule has 1 aromatic heterocycles. The number of anilines is 1. The van der Waals surface area contributed by atoms with Crippen LogP contribution in [0.5, 0.6) is 0 Å². The van der Waals surface area contributed by atoms with E-state index in [4.69, 9.17) is 5.73 Å². The van der Waals surface area contributed by atoms with Gasteiger partial charge in [-0.3, -0.25) is 4.98 Å². The number of hydrogen-bond acceptors (Lipinski definition) is 3. The van der Waals surface area contributed by atoms with Crippen LogP contribution < -0.4 is 11.1 Å².